The summed E-state index contributed by atoms with van der Waals surface area (Å²) >= 11 is 7.14. The zero-order valence-electron chi connectivity index (χ0n) is 19.1. The smallest absolute Gasteiger partial charge is 0.350 e. The summed E-state index contributed by atoms with van der Waals surface area (Å²) in [5.74, 6) is -2.11. The summed E-state index contributed by atoms with van der Waals surface area (Å²) in [6.07, 6.45) is 0. The number of aromatic nitrogens is 1. The van der Waals surface area contributed by atoms with E-state index in [1.807, 2.05) is 6.92 Å². The SMILES string of the molecule is CCOc1ccc(C(O)=C2C(=O)C(=O)N(c3nc(C)c(C(=O)OC)s3)C2c2cccc(Cl)c2)cc1. The molecule has 0 saturated carbocycles. The average Bonchev–Trinajstić information content (AvgIpc) is 3.35. The van der Waals surface area contributed by atoms with Crippen molar-refractivity contribution in [2.45, 2.75) is 19.9 Å². The van der Waals surface area contributed by atoms with Gasteiger partial charge in [-0.25, -0.2) is 9.78 Å². The van der Waals surface area contributed by atoms with E-state index < -0.39 is 23.7 Å². The molecule has 180 valence electrons. The van der Waals surface area contributed by atoms with Crippen molar-refractivity contribution in [3.63, 3.8) is 0 Å². The Morgan fingerprint density at radius 1 is 1.20 bits per heavy atom. The van der Waals surface area contributed by atoms with E-state index in [-0.39, 0.29) is 21.3 Å². The summed E-state index contributed by atoms with van der Waals surface area (Å²) in [6.45, 7) is 3.94. The van der Waals surface area contributed by atoms with Crippen LogP contribution in [0.3, 0.4) is 0 Å². The lowest BCUT2D eigenvalue weighted by molar-refractivity contribution is -0.132. The van der Waals surface area contributed by atoms with Gasteiger partial charge in [-0.15, -0.1) is 0 Å². The third-order valence-electron chi connectivity index (χ3n) is 5.41. The fraction of sp³-hybridized carbons (Fsp3) is 0.200. The lowest BCUT2D eigenvalue weighted by Crippen LogP contribution is -2.29. The van der Waals surface area contributed by atoms with Gasteiger partial charge in [-0.1, -0.05) is 35.1 Å². The highest BCUT2D eigenvalue weighted by Gasteiger charge is 2.48. The molecule has 1 aromatic heterocycles. The first kappa shape index (κ1) is 24.4. The van der Waals surface area contributed by atoms with Crippen molar-refractivity contribution >= 4 is 51.5 Å². The molecule has 1 aliphatic rings. The van der Waals surface area contributed by atoms with Crippen LogP contribution in [0.25, 0.3) is 5.76 Å². The van der Waals surface area contributed by atoms with Crippen molar-refractivity contribution in [3.05, 3.63) is 80.8 Å². The second-order valence-electron chi connectivity index (χ2n) is 7.58. The van der Waals surface area contributed by atoms with E-state index in [4.69, 9.17) is 21.1 Å². The Labute approximate surface area is 210 Å². The minimum Gasteiger partial charge on any atom is -0.507 e. The molecule has 8 nitrogen and oxygen atoms in total. The quantitative estimate of drug-likeness (QED) is 0.216. The second kappa shape index (κ2) is 9.89. The van der Waals surface area contributed by atoms with Crippen LogP contribution >= 0.6 is 22.9 Å². The monoisotopic (exact) mass is 512 g/mol. The molecule has 35 heavy (non-hydrogen) atoms. The number of benzene rings is 2. The van der Waals surface area contributed by atoms with E-state index in [0.717, 1.165) is 11.3 Å². The average molecular weight is 513 g/mol. The number of amides is 1. The van der Waals surface area contributed by atoms with Crippen LogP contribution < -0.4 is 9.64 Å². The molecule has 0 aliphatic carbocycles. The lowest BCUT2D eigenvalue weighted by Gasteiger charge is -2.23. The summed E-state index contributed by atoms with van der Waals surface area (Å²) in [6, 6.07) is 12.2. The van der Waals surface area contributed by atoms with Crippen molar-refractivity contribution in [1.82, 2.24) is 4.98 Å². The molecule has 1 aliphatic heterocycles. The van der Waals surface area contributed by atoms with E-state index in [1.165, 1.54) is 12.0 Å². The van der Waals surface area contributed by atoms with Crippen molar-refractivity contribution in [2.24, 2.45) is 0 Å². The van der Waals surface area contributed by atoms with Crippen LogP contribution in [0, 0.1) is 6.92 Å². The summed E-state index contributed by atoms with van der Waals surface area (Å²) in [4.78, 5) is 44.4. The van der Waals surface area contributed by atoms with Gasteiger partial charge in [0.25, 0.3) is 5.78 Å². The number of ketones is 1. The van der Waals surface area contributed by atoms with Crippen LogP contribution in [-0.2, 0) is 14.3 Å². The van der Waals surface area contributed by atoms with Crippen LogP contribution in [-0.4, -0.2) is 41.5 Å². The van der Waals surface area contributed by atoms with Gasteiger partial charge in [-0.3, -0.25) is 14.5 Å². The van der Waals surface area contributed by atoms with Gasteiger partial charge in [-0.2, -0.15) is 0 Å². The van der Waals surface area contributed by atoms with Gasteiger partial charge in [0.2, 0.25) is 0 Å². The van der Waals surface area contributed by atoms with E-state index in [1.54, 1.807) is 55.5 Å². The van der Waals surface area contributed by atoms with Gasteiger partial charge in [-0.05, 0) is 55.8 Å². The molecule has 1 atom stereocenters. The highest BCUT2D eigenvalue weighted by Crippen LogP contribution is 2.44. The van der Waals surface area contributed by atoms with Crippen molar-refractivity contribution in [2.75, 3.05) is 18.6 Å². The molecule has 2 heterocycles. The molecule has 10 heteroatoms. The van der Waals surface area contributed by atoms with Gasteiger partial charge in [0, 0.05) is 10.6 Å². The Kier molecular flexibility index (Phi) is 6.90. The predicted molar refractivity (Wildman–Crippen MR) is 132 cm³/mol. The molecule has 1 amide bonds. The maximum atomic E-state index is 13.2. The van der Waals surface area contributed by atoms with E-state index in [2.05, 4.69) is 4.98 Å². The van der Waals surface area contributed by atoms with Gasteiger partial charge < -0.3 is 14.6 Å². The molecule has 2 aromatic carbocycles. The fourth-order valence-electron chi connectivity index (χ4n) is 3.82. The minimum absolute atomic E-state index is 0.117. The molecule has 1 saturated heterocycles. The van der Waals surface area contributed by atoms with Gasteiger partial charge >= 0.3 is 11.9 Å². The van der Waals surface area contributed by atoms with Gasteiger partial charge in [0.1, 0.15) is 16.4 Å². The van der Waals surface area contributed by atoms with E-state index >= 15 is 0 Å². The molecule has 1 N–H and O–H groups in total. The first-order chi connectivity index (χ1) is 16.8. The van der Waals surface area contributed by atoms with E-state index in [9.17, 15) is 19.5 Å². The number of thiazole rings is 1. The summed E-state index contributed by atoms with van der Waals surface area (Å²) in [7, 11) is 1.25. The summed E-state index contributed by atoms with van der Waals surface area (Å²) in [5.41, 5.74) is 1.07. The highest BCUT2D eigenvalue weighted by atomic mass is 35.5. The zero-order valence-corrected chi connectivity index (χ0v) is 20.6. The van der Waals surface area contributed by atoms with Crippen molar-refractivity contribution in [1.29, 1.82) is 0 Å². The maximum absolute atomic E-state index is 13.2. The number of hydrogen-bond acceptors (Lipinski definition) is 8. The highest BCUT2D eigenvalue weighted by molar-refractivity contribution is 7.17. The van der Waals surface area contributed by atoms with Crippen LogP contribution in [0.5, 0.6) is 5.75 Å². The zero-order chi connectivity index (χ0) is 25.3. The Morgan fingerprint density at radius 2 is 1.91 bits per heavy atom. The number of ether oxygens (including phenoxy) is 2. The Bertz CT molecular complexity index is 1350. The Morgan fingerprint density at radius 3 is 2.54 bits per heavy atom. The first-order valence-corrected chi connectivity index (χ1v) is 11.8. The fourth-order valence-corrected chi connectivity index (χ4v) is 5.03. The number of aliphatic hydroxyl groups is 1. The van der Waals surface area contributed by atoms with Gasteiger partial charge in [0.05, 0.1) is 31.0 Å². The van der Waals surface area contributed by atoms with Crippen LogP contribution in [0.15, 0.2) is 54.1 Å². The molecule has 0 spiro atoms. The number of carbonyl (C=O) groups is 3. The number of Topliss-reactive ketones (excluding diaryl/α,β-unsaturated/α-hetero) is 1. The molecular formula is C25H21ClN2O6S. The molecule has 4 rings (SSSR count). The number of aryl methyl sites for hydroxylation is 1. The molecule has 3 aromatic rings. The number of aliphatic hydroxyl groups excluding tert-OH is 1. The number of hydrogen-bond donors (Lipinski definition) is 1. The number of anilines is 1. The first-order valence-electron chi connectivity index (χ1n) is 10.6. The maximum Gasteiger partial charge on any atom is 0.350 e. The normalized spacial score (nSPS) is 17.0. The minimum atomic E-state index is -1.02. The number of carbonyl (C=O) groups excluding carboxylic acids is 3. The van der Waals surface area contributed by atoms with E-state index in [0.29, 0.717) is 34.2 Å². The standard InChI is InChI=1S/C25H21ClN2O6S/c1-4-34-17-10-8-14(9-11-17)20(29)18-19(15-6-5-7-16(26)12-15)28(23(31)21(18)30)25-27-13(2)22(35-25)24(32)33-3/h5-12,19,29H,4H2,1-3H3. The predicted octanol–water partition coefficient (Wildman–Crippen LogP) is 4.92. The van der Waals surface area contributed by atoms with Crippen molar-refractivity contribution < 1.29 is 29.0 Å². The van der Waals surface area contributed by atoms with Crippen molar-refractivity contribution in [3.8, 4) is 5.75 Å². The molecular weight excluding hydrogens is 492 g/mol. The number of halogens is 1. The molecule has 0 radical (unpaired) electrons. The summed E-state index contributed by atoms with van der Waals surface area (Å²) in [5, 5.41) is 11.7. The number of methoxy groups -OCH3 is 1. The van der Waals surface area contributed by atoms with Gasteiger partial charge in [0.15, 0.2) is 5.13 Å². The summed E-state index contributed by atoms with van der Waals surface area (Å²) < 4.78 is 10.2. The topological polar surface area (TPSA) is 106 Å². The Hall–Kier alpha value is -3.69. The Balaban J connectivity index is 1.90. The molecule has 1 unspecified atom stereocenters. The van der Waals surface area contributed by atoms with Crippen LogP contribution in [0.2, 0.25) is 5.02 Å². The van der Waals surface area contributed by atoms with Crippen LogP contribution in [0.4, 0.5) is 5.13 Å². The second-order valence-corrected chi connectivity index (χ2v) is 9.00. The molecule has 1 fully saturated rings. The number of rotatable bonds is 6. The largest absolute Gasteiger partial charge is 0.507 e. The number of esters is 1. The van der Waals surface area contributed by atoms with Crippen LogP contribution in [0.1, 0.15) is 39.5 Å². The lowest BCUT2D eigenvalue weighted by atomic mass is 9.95. The third kappa shape index (κ3) is 4.52. The number of nitrogens with zero attached hydrogens (tertiary/aromatic N) is 2. The molecule has 0 bridgehead atoms. The third-order valence-corrected chi connectivity index (χ3v) is 6.78.